The van der Waals surface area contributed by atoms with Gasteiger partial charge in [-0.1, -0.05) is 26.0 Å². The summed E-state index contributed by atoms with van der Waals surface area (Å²) in [6.45, 7) is 6.75. The van der Waals surface area contributed by atoms with Gasteiger partial charge in [-0.05, 0) is 31.4 Å². The summed E-state index contributed by atoms with van der Waals surface area (Å²) in [5.74, 6) is 0.980. The second-order valence-corrected chi connectivity index (χ2v) is 6.23. The number of amides is 1. The van der Waals surface area contributed by atoms with Crippen molar-refractivity contribution in [2.45, 2.75) is 27.2 Å². The number of nitrogens with zero attached hydrogens (tertiary/aromatic N) is 1. The maximum Gasteiger partial charge on any atom is 0.261 e. The van der Waals surface area contributed by atoms with Crippen LogP contribution in [0, 0.1) is 5.92 Å². The fraction of sp³-hybridized carbons (Fsp3) is 0.375. The topological polar surface area (TPSA) is 51.2 Å². The first-order valence-corrected chi connectivity index (χ1v) is 7.89. The van der Waals surface area contributed by atoms with Crippen LogP contribution in [-0.2, 0) is 6.42 Å². The van der Waals surface area contributed by atoms with Crippen molar-refractivity contribution in [1.82, 2.24) is 4.98 Å². The number of aromatic nitrogens is 1. The summed E-state index contributed by atoms with van der Waals surface area (Å²) in [6, 6.07) is 7.23. The van der Waals surface area contributed by atoms with Gasteiger partial charge in [0.25, 0.3) is 5.91 Å². The van der Waals surface area contributed by atoms with Crippen molar-refractivity contribution in [1.29, 1.82) is 0 Å². The zero-order valence-corrected chi connectivity index (χ0v) is 13.4. The van der Waals surface area contributed by atoms with Crippen LogP contribution in [0.3, 0.4) is 0 Å². The average Bonchev–Trinajstić information content (AvgIpc) is 2.86. The van der Waals surface area contributed by atoms with E-state index in [2.05, 4.69) is 24.1 Å². The predicted molar refractivity (Wildman–Crippen MR) is 86.2 cm³/mol. The van der Waals surface area contributed by atoms with Gasteiger partial charge in [0.2, 0.25) is 0 Å². The first-order chi connectivity index (χ1) is 10.1. The van der Waals surface area contributed by atoms with Crippen molar-refractivity contribution in [3.63, 3.8) is 0 Å². The molecule has 4 nitrogen and oxygen atoms in total. The van der Waals surface area contributed by atoms with Crippen molar-refractivity contribution in [2.24, 2.45) is 5.92 Å². The van der Waals surface area contributed by atoms with Gasteiger partial charge in [-0.25, -0.2) is 4.98 Å². The quantitative estimate of drug-likeness (QED) is 0.878. The molecule has 0 atom stereocenters. The summed E-state index contributed by atoms with van der Waals surface area (Å²) in [7, 11) is 0. The summed E-state index contributed by atoms with van der Waals surface area (Å²) < 4.78 is 5.48. The van der Waals surface area contributed by atoms with Crippen LogP contribution in [0.1, 0.15) is 36.0 Å². The van der Waals surface area contributed by atoms with Gasteiger partial charge in [-0.15, -0.1) is 11.3 Å². The first-order valence-electron chi connectivity index (χ1n) is 7.08. The number of benzene rings is 1. The van der Waals surface area contributed by atoms with E-state index in [-0.39, 0.29) is 5.91 Å². The molecule has 21 heavy (non-hydrogen) atoms. The van der Waals surface area contributed by atoms with Crippen molar-refractivity contribution < 1.29 is 9.53 Å². The van der Waals surface area contributed by atoms with Gasteiger partial charge in [0, 0.05) is 11.1 Å². The van der Waals surface area contributed by atoms with Gasteiger partial charge in [-0.2, -0.15) is 0 Å². The number of anilines is 1. The minimum atomic E-state index is -0.190. The van der Waals surface area contributed by atoms with Gasteiger partial charge in [0.15, 0.2) is 5.13 Å². The van der Waals surface area contributed by atoms with Crippen LogP contribution in [0.25, 0.3) is 0 Å². The third-order valence-electron chi connectivity index (χ3n) is 2.81. The predicted octanol–water partition coefficient (Wildman–Crippen LogP) is 3.99. The van der Waals surface area contributed by atoms with E-state index in [9.17, 15) is 4.79 Å². The zero-order chi connectivity index (χ0) is 15.2. The fourth-order valence-electron chi connectivity index (χ4n) is 1.96. The molecule has 2 rings (SSSR count). The number of nitrogens with one attached hydrogen (secondary N) is 1. The fourth-order valence-corrected chi connectivity index (χ4v) is 2.98. The highest BCUT2D eigenvalue weighted by molar-refractivity contribution is 7.15. The third-order valence-corrected chi connectivity index (χ3v) is 3.75. The molecule has 0 bridgehead atoms. The maximum absolute atomic E-state index is 12.3. The standard InChI is InChI=1S/C16H20N2O2S/c1-4-20-14-8-6-5-7-13(14)15(19)18-16-17-10-12(21-16)9-11(2)3/h5-8,10-11H,4,9H2,1-3H3,(H,17,18,19). The summed E-state index contributed by atoms with van der Waals surface area (Å²) in [5.41, 5.74) is 0.528. The van der Waals surface area contributed by atoms with Gasteiger partial charge >= 0.3 is 0 Å². The number of hydrogen-bond acceptors (Lipinski definition) is 4. The molecule has 1 aromatic carbocycles. The van der Waals surface area contributed by atoms with Gasteiger partial charge in [0.1, 0.15) is 5.75 Å². The molecule has 0 radical (unpaired) electrons. The molecule has 0 spiro atoms. The highest BCUT2D eigenvalue weighted by Gasteiger charge is 2.14. The normalized spacial score (nSPS) is 10.7. The molecule has 0 saturated heterocycles. The van der Waals surface area contributed by atoms with Crippen LogP contribution in [0.5, 0.6) is 5.75 Å². The summed E-state index contributed by atoms with van der Waals surface area (Å²) in [6.07, 6.45) is 2.80. The number of carbonyl (C=O) groups is 1. The SMILES string of the molecule is CCOc1ccccc1C(=O)Nc1ncc(CC(C)C)s1. The molecule has 2 aromatic rings. The Hall–Kier alpha value is -1.88. The molecular formula is C16H20N2O2S. The number of hydrogen-bond donors (Lipinski definition) is 1. The monoisotopic (exact) mass is 304 g/mol. The molecule has 0 aliphatic rings. The lowest BCUT2D eigenvalue weighted by Gasteiger charge is -2.08. The molecule has 1 heterocycles. The van der Waals surface area contributed by atoms with Gasteiger partial charge in [0.05, 0.1) is 12.2 Å². The Morgan fingerprint density at radius 3 is 2.86 bits per heavy atom. The van der Waals surface area contributed by atoms with E-state index in [1.165, 1.54) is 16.2 Å². The summed E-state index contributed by atoms with van der Waals surface area (Å²) >= 11 is 1.52. The van der Waals surface area contributed by atoms with Gasteiger partial charge < -0.3 is 4.74 Å². The molecule has 1 N–H and O–H groups in total. The molecule has 0 aliphatic carbocycles. The Balaban J connectivity index is 2.09. The average molecular weight is 304 g/mol. The van der Waals surface area contributed by atoms with Crippen LogP contribution in [0.15, 0.2) is 30.5 Å². The second-order valence-electron chi connectivity index (χ2n) is 5.11. The van der Waals surface area contributed by atoms with Crippen molar-refractivity contribution in [3.05, 3.63) is 40.9 Å². The molecule has 0 fully saturated rings. The van der Waals surface area contributed by atoms with Crippen LogP contribution in [0.4, 0.5) is 5.13 Å². The van der Waals surface area contributed by atoms with E-state index in [1.807, 2.05) is 25.3 Å². The Labute approximate surface area is 129 Å². The smallest absolute Gasteiger partial charge is 0.261 e. The lowest BCUT2D eigenvalue weighted by atomic mass is 10.1. The molecular weight excluding hydrogens is 284 g/mol. The Morgan fingerprint density at radius 2 is 2.14 bits per heavy atom. The zero-order valence-electron chi connectivity index (χ0n) is 12.6. The van der Waals surface area contributed by atoms with E-state index < -0.39 is 0 Å². The molecule has 112 valence electrons. The molecule has 1 aromatic heterocycles. The number of ether oxygens (including phenoxy) is 1. The molecule has 0 saturated carbocycles. The number of para-hydroxylation sites is 1. The highest BCUT2D eigenvalue weighted by atomic mass is 32.1. The molecule has 5 heteroatoms. The molecule has 0 aliphatic heterocycles. The minimum absolute atomic E-state index is 0.190. The first kappa shape index (κ1) is 15.5. The van der Waals surface area contributed by atoms with Crippen molar-refractivity contribution >= 4 is 22.4 Å². The Bertz CT molecular complexity index is 608. The van der Waals surface area contributed by atoms with Crippen LogP contribution >= 0.6 is 11.3 Å². The highest BCUT2D eigenvalue weighted by Crippen LogP contribution is 2.23. The summed E-state index contributed by atoms with van der Waals surface area (Å²) in [5, 5.41) is 3.47. The van der Waals surface area contributed by atoms with E-state index in [0.717, 1.165) is 6.42 Å². The second kappa shape index (κ2) is 7.22. The van der Waals surface area contributed by atoms with E-state index in [0.29, 0.717) is 29.0 Å². The van der Waals surface area contributed by atoms with Crippen molar-refractivity contribution in [3.8, 4) is 5.75 Å². The van der Waals surface area contributed by atoms with E-state index >= 15 is 0 Å². The minimum Gasteiger partial charge on any atom is -0.493 e. The molecule has 1 amide bonds. The summed E-state index contributed by atoms with van der Waals surface area (Å²) in [4.78, 5) is 17.8. The van der Waals surface area contributed by atoms with Crippen LogP contribution < -0.4 is 10.1 Å². The number of carbonyl (C=O) groups excluding carboxylic acids is 1. The van der Waals surface area contributed by atoms with Crippen LogP contribution in [-0.4, -0.2) is 17.5 Å². The van der Waals surface area contributed by atoms with Crippen LogP contribution in [0.2, 0.25) is 0 Å². The van der Waals surface area contributed by atoms with Gasteiger partial charge in [-0.3, -0.25) is 10.1 Å². The Morgan fingerprint density at radius 1 is 1.38 bits per heavy atom. The third kappa shape index (κ3) is 4.29. The number of thiazole rings is 1. The molecule has 0 unspecified atom stereocenters. The lowest BCUT2D eigenvalue weighted by Crippen LogP contribution is -2.13. The number of rotatable bonds is 6. The maximum atomic E-state index is 12.3. The largest absolute Gasteiger partial charge is 0.493 e. The Kier molecular flexibility index (Phi) is 5.33. The van der Waals surface area contributed by atoms with E-state index in [4.69, 9.17) is 4.74 Å². The van der Waals surface area contributed by atoms with E-state index in [1.54, 1.807) is 12.1 Å². The lowest BCUT2D eigenvalue weighted by molar-refractivity contribution is 0.102. The van der Waals surface area contributed by atoms with Crippen molar-refractivity contribution in [2.75, 3.05) is 11.9 Å².